The molecule has 0 bridgehead atoms. The number of ether oxygens (including phenoxy) is 1. The summed E-state index contributed by atoms with van der Waals surface area (Å²) in [5, 5.41) is 9.93. The molecular formula is C12H22O3. The van der Waals surface area contributed by atoms with Crippen molar-refractivity contribution < 1.29 is 14.6 Å². The van der Waals surface area contributed by atoms with Crippen LogP contribution in [0.5, 0.6) is 0 Å². The third-order valence-corrected chi connectivity index (χ3v) is 4.18. The molecule has 1 aliphatic rings. The van der Waals surface area contributed by atoms with Crippen LogP contribution >= 0.6 is 0 Å². The Labute approximate surface area is 91.8 Å². The predicted molar refractivity (Wildman–Crippen MR) is 58.4 cm³/mol. The molecule has 3 atom stereocenters. The van der Waals surface area contributed by atoms with Gasteiger partial charge >= 0.3 is 5.97 Å². The highest BCUT2D eigenvalue weighted by Gasteiger charge is 2.50. The minimum Gasteiger partial charge on any atom is -0.459 e. The Morgan fingerprint density at radius 2 is 1.93 bits per heavy atom. The van der Waals surface area contributed by atoms with Crippen molar-refractivity contribution in [2.45, 2.75) is 59.2 Å². The average Bonchev–Trinajstić information content (AvgIpc) is 2.09. The Balaban J connectivity index is 2.89. The van der Waals surface area contributed by atoms with Gasteiger partial charge in [-0.1, -0.05) is 20.8 Å². The number of aliphatic hydroxyl groups is 1. The molecule has 0 amide bonds. The van der Waals surface area contributed by atoms with Gasteiger partial charge < -0.3 is 9.84 Å². The van der Waals surface area contributed by atoms with Crippen molar-refractivity contribution in [1.29, 1.82) is 0 Å². The predicted octanol–water partition coefficient (Wildman–Crippen LogP) is 2.13. The Hall–Kier alpha value is -0.570. The van der Waals surface area contributed by atoms with Crippen LogP contribution in [-0.4, -0.2) is 22.8 Å². The van der Waals surface area contributed by atoms with Gasteiger partial charge in [-0.25, -0.2) is 0 Å². The molecule has 15 heavy (non-hydrogen) atoms. The Kier molecular flexibility index (Phi) is 3.15. The largest absolute Gasteiger partial charge is 0.459 e. The molecule has 0 aromatic carbocycles. The molecule has 1 saturated carbocycles. The van der Waals surface area contributed by atoms with Crippen LogP contribution in [0.1, 0.15) is 47.5 Å². The molecule has 0 saturated heterocycles. The first-order valence-electron chi connectivity index (χ1n) is 5.58. The van der Waals surface area contributed by atoms with E-state index in [9.17, 15) is 9.90 Å². The molecule has 1 N–H and O–H groups in total. The smallest absolute Gasteiger partial charge is 0.303 e. The average molecular weight is 214 g/mol. The topological polar surface area (TPSA) is 46.5 Å². The summed E-state index contributed by atoms with van der Waals surface area (Å²) in [6.45, 7) is 9.51. The standard InChI is InChI=1S/C12H22O3/c1-8-11(3,4)10(14)6-7-12(8,5)15-9(2)13/h8,10,14H,6-7H2,1-5H3/t8-,10-,12-/m0/s1. The van der Waals surface area contributed by atoms with E-state index in [-0.39, 0.29) is 23.4 Å². The fourth-order valence-corrected chi connectivity index (χ4v) is 2.56. The summed E-state index contributed by atoms with van der Waals surface area (Å²) in [6, 6.07) is 0. The normalized spacial score (nSPS) is 39.9. The lowest BCUT2D eigenvalue weighted by Crippen LogP contribution is -2.54. The van der Waals surface area contributed by atoms with E-state index < -0.39 is 5.60 Å². The van der Waals surface area contributed by atoms with Gasteiger partial charge in [0.15, 0.2) is 0 Å². The van der Waals surface area contributed by atoms with Crippen molar-refractivity contribution in [3.8, 4) is 0 Å². The van der Waals surface area contributed by atoms with E-state index in [0.717, 1.165) is 6.42 Å². The minimum absolute atomic E-state index is 0.151. The zero-order valence-electron chi connectivity index (χ0n) is 10.3. The van der Waals surface area contributed by atoms with Gasteiger partial charge in [0.1, 0.15) is 5.60 Å². The molecule has 0 aromatic rings. The number of hydrogen-bond acceptors (Lipinski definition) is 3. The van der Waals surface area contributed by atoms with Crippen molar-refractivity contribution >= 4 is 5.97 Å². The highest BCUT2D eigenvalue weighted by molar-refractivity contribution is 5.66. The quantitative estimate of drug-likeness (QED) is 0.680. The zero-order chi connectivity index (χ0) is 11.9. The van der Waals surface area contributed by atoms with Gasteiger partial charge in [0.25, 0.3) is 0 Å². The molecule has 0 unspecified atom stereocenters. The van der Waals surface area contributed by atoms with Crippen LogP contribution < -0.4 is 0 Å². The Bertz CT molecular complexity index is 260. The van der Waals surface area contributed by atoms with E-state index in [1.54, 1.807) is 0 Å². The molecular weight excluding hydrogens is 192 g/mol. The fraction of sp³-hybridized carbons (Fsp3) is 0.917. The first kappa shape index (κ1) is 12.5. The lowest BCUT2D eigenvalue weighted by Gasteiger charge is -2.50. The minimum atomic E-state index is -0.436. The number of rotatable bonds is 1. The molecule has 0 spiro atoms. The van der Waals surface area contributed by atoms with Crippen LogP contribution in [0.2, 0.25) is 0 Å². The summed E-state index contributed by atoms with van der Waals surface area (Å²) >= 11 is 0. The van der Waals surface area contributed by atoms with Crippen LogP contribution in [0.3, 0.4) is 0 Å². The summed E-state index contributed by atoms with van der Waals surface area (Å²) < 4.78 is 5.42. The molecule has 0 heterocycles. The van der Waals surface area contributed by atoms with E-state index in [1.807, 2.05) is 27.7 Å². The fourth-order valence-electron chi connectivity index (χ4n) is 2.56. The van der Waals surface area contributed by atoms with Crippen molar-refractivity contribution in [1.82, 2.24) is 0 Å². The second-order valence-electron chi connectivity index (χ2n) is 5.50. The summed E-state index contributed by atoms with van der Waals surface area (Å²) in [5.41, 5.74) is -0.642. The Morgan fingerprint density at radius 3 is 2.40 bits per heavy atom. The van der Waals surface area contributed by atoms with Crippen LogP contribution in [0.4, 0.5) is 0 Å². The zero-order valence-corrected chi connectivity index (χ0v) is 10.3. The summed E-state index contributed by atoms with van der Waals surface area (Å²) in [5.74, 6) is -0.0887. The van der Waals surface area contributed by atoms with Crippen molar-refractivity contribution in [2.24, 2.45) is 11.3 Å². The van der Waals surface area contributed by atoms with Crippen LogP contribution in [0.15, 0.2) is 0 Å². The van der Waals surface area contributed by atoms with Crippen LogP contribution in [-0.2, 0) is 9.53 Å². The van der Waals surface area contributed by atoms with E-state index >= 15 is 0 Å². The summed E-state index contributed by atoms with van der Waals surface area (Å²) in [4.78, 5) is 11.1. The number of esters is 1. The van der Waals surface area contributed by atoms with E-state index in [2.05, 4.69) is 0 Å². The second-order valence-corrected chi connectivity index (χ2v) is 5.50. The van der Waals surface area contributed by atoms with Gasteiger partial charge in [0.05, 0.1) is 6.10 Å². The maximum absolute atomic E-state index is 11.1. The molecule has 0 radical (unpaired) electrons. The first-order chi connectivity index (χ1) is 6.70. The monoisotopic (exact) mass is 214 g/mol. The SMILES string of the molecule is CC(=O)O[C@@]1(C)CC[C@H](O)C(C)(C)[C@@H]1C. The van der Waals surface area contributed by atoms with E-state index in [0.29, 0.717) is 6.42 Å². The van der Waals surface area contributed by atoms with E-state index in [4.69, 9.17) is 4.74 Å². The number of aliphatic hydroxyl groups excluding tert-OH is 1. The second kappa shape index (κ2) is 3.78. The third-order valence-electron chi connectivity index (χ3n) is 4.18. The maximum atomic E-state index is 11.1. The number of carbonyl (C=O) groups excluding carboxylic acids is 1. The van der Waals surface area contributed by atoms with E-state index in [1.165, 1.54) is 6.92 Å². The maximum Gasteiger partial charge on any atom is 0.303 e. The van der Waals surface area contributed by atoms with Crippen LogP contribution in [0.25, 0.3) is 0 Å². The van der Waals surface area contributed by atoms with Gasteiger partial charge in [-0.15, -0.1) is 0 Å². The lowest BCUT2D eigenvalue weighted by molar-refractivity contribution is -0.184. The highest BCUT2D eigenvalue weighted by atomic mass is 16.6. The molecule has 88 valence electrons. The lowest BCUT2D eigenvalue weighted by atomic mass is 9.61. The first-order valence-corrected chi connectivity index (χ1v) is 5.58. The van der Waals surface area contributed by atoms with Gasteiger partial charge in [-0.2, -0.15) is 0 Å². The summed E-state index contributed by atoms with van der Waals surface area (Å²) in [7, 11) is 0. The molecule has 0 aromatic heterocycles. The molecule has 0 aliphatic heterocycles. The van der Waals surface area contributed by atoms with Gasteiger partial charge in [-0.3, -0.25) is 4.79 Å². The third kappa shape index (κ3) is 2.17. The summed E-state index contributed by atoms with van der Waals surface area (Å²) in [6.07, 6.45) is 1.12. The van der Waals surface area contributed by atoms with Gasteiger partial charge in [0, 0.05) is 12.8 Å². The van der Waals surface area contributed by atoms with Crippen molar-refractivity contribution in [2.75, 3.05) is 0 Å². The molecule has 3 heteroatoms. The molecule has 1 aliphatic carbocycles. The van der Waals surface area contributed by atoms with Gasteiger partial charge in [-0.05, 0) is 25.2 Å². The Morgan fingerprint density at radius 1 is 1.40 bits per heavy atom. The molecule has 3 nitrogen and oxygen atoms in total. The molecule has 1 rings (SSSR count). The van der Waals surface area contributed by atoms with Crippen LogP contribution in [0, 0.1) is 11.3 Å². The molecule has 1 fully saturated rings. The van der Waals surface area contributed by atoms with Crippen molar-refractivity contribution in [3.05, 3.63) is 0 Å². The highest BCUT2D eigenvalue weighted by Crippen LogP contribution is 2.47. The number of carbonyl (C=O) groups is 1. The van der Waals surface area contributed by atoms with Crippen molar-refractivity contribution in [3.63, 3.8) is 0 Å². The van der Waals surface area contributed by atoms with Gasteiger partial charge in [0.2, 0.25) is 0 Å². The number of hydrogen-bond donors (Lipinski definition) is 1.